The Labute approximate surface area is 141 Å². The number of ether oxygens (including phenoxy) is 4. The first-order valence-electron chi connectivity index (χ1n) is 7.52. The van der Waals surface area contributed by atoms with Gasteiger partial charge in [0.25, 0.3) is 6.47 Å². The Morgan fingerprint density at radius 1 is 0.840 bits per heavy atom. The molecular formula is C13H22O12. The van der Waals surface area contributed by atoms with Crippen molar-refractivity contribution in [2.24, 2.45) is 0 Å². The normalized spacial score (nSPS) is 48.1. The Kier molecular flexibility index (Phi) is 7.04. The lowest BCUT2D eigenvalue weighted by molar-refractivity contribution is -0.355. The van der Waals surface area contributed by atoms with Crippen molar-refractivity contribution in [3.8, 4) is 0 Å². The summed E-state index contributed by atoms with van der Waals surface area (Å²) >= 11 is 0. The molecule has 2 saturated heterocycles. The number of rotatable bonds is 6. The zero-order valence-electron chi connectivity index (χ0n) is 12.9. The summed E-state index contributed by atoms with van der Waals surface area (Å²) in [5, 5.41) is 67.9. The summed E-state index contributed by atoms with van der Waals surface area (Å²) in [6.07, 6.45) is -15.8. The van der Waals surface area contributed by atoms with Crippen LogP contribution in [-0.2, 0) is 23.7 Å². The van der Waals surface area contributed by atoms with Crippen LogP contribution in [0.3, 0.4) is 0 Å². The van der Waals surface area contributed by atoms with Gasteiger partial charge in [-0.3, -0.25) is 4.79 Å². The van der Waals surface area contributed by atoms with Crippen LogP contribution in [0.4, 0.5) is 0 Å². The summed E-state index contributed by atoms with van der Waals surface area (Å²) in [5.74, 6) is 0. The van der Waals surface area contributed by atoms with Crippen molar-refractivity contribution in [1.82, 2.24) is 0 Å². The maximum atomic E-state index is 10.3. The molecule has 0 saturated carbocycles. The molecule has 0 spiro atoms. The molecule has 0 radical (unpaired) electrons. The monoisotopic (exact) mass is 370 g/mol. The molecule has 10 atom stereocenters. The number of carbonyl (C=O) groups excluding carboxylic acids is 1. The number of aliphatic hydroxyl groups excluding tert-OH is 7. The molecule has 0 amide bonds. The molecule has 0 aromatic heterocycles. The maximum Gasteiger partial charge on any atom is 0.293 e. The molecule has 2 aliphatic rings. The predicted octanol–water partition coefficient (Wildman–Crippen LogP) is -5.22. The number of carbonyl (C=O) groups is 1. The summed E-state index contributed by atoms with van der Waals surface area (Å²) in [7, 11) is 0. The highest BCUT2D eigenvalue weighted by molar-refractivity contribution is 5.37. The predicted molar refractivity (Wildman–Crippen MR) is 73.5 cm³/mol. The topological polar surface area (TPSA) is 196 Å². The van der Waals surface area contributed by atoms with Crippen LogP contribution < -0.4 is 0 Å². The standard InChI is InChI=1S/C13H22O12/c14-1-4-6(16)7(17)10(20)13(24-4)25-11-5(2-22-3-15)23-12(21)9(19)8(11)18/h3-14,16-21H,1-2H2. The molecular weight excluding hydrogens is 348 g/mol. The Bertz CT molecular complexity index is 433. The highest BCUT2D eigenvalue weighted by atomic mass is 16.7. The van der Waals surface area contributed by atoms with Crippen molar-refractivity contribution in [3.63, 3.8) is 0 Å². The molecule has 0 aliphatic carbocycles. The first-order valence-corrected chi connectivity index (χ1v) is 7.52. The molecule has 0 aromatic rings. The van der Waals surface area contributed by atoms with Crippen LogP contribution in [-0.4, -0.2) is 117 Å². The van der Waals surface area contributed by atoms with E-state index in [1.54, 1.807) is 0 Å². The summed E-state index contributed by atoms with van der Waals surface area (Å²) < 4.78 is 20.0. The second kappa shape index (κ2) is 8.64. The van der Waals surface area contributed by atoms with Gasteiger partial charge in [0.15, 0.2) is 12.6 Å². The quantitative estimate of drug-likeness (QED) is 0.220. The molecule has 2 aliphatic heterocycles. The minimum Gasteiger partial charge on any atom is -0.465 e. The van der Waals surface area contributed by atoms with Gasteiger partial charge in [-0.05, 0) is 0 Å². The van der Waals surface area contributed by atoms with E-state index >= 15 is 0 Å². The lowest BCUT2D eigenvalue weighted by Crippen LogP contribution is -2.64. The second-order valence-corrected chi connectivity index (χ2v) is 5.77. The molecule has 146 valence electrons. The van der Waals surface area contributed by atoms with Crippen molar-refractivity contribution >= 4 is 6.47 Å². The van der Waals surface area contributed by atoms with Gasteiger partial charge in [-0.1, -0.05) is 0 Å². The van der Waals surface area contributed by atoms with E-state index in [1.165, 1.54) is 0 Å². The van der Waals surface area contributed by atoms with Gasteiger partial charge >= 0.3 is 0 Å². The first kappa shape index (κ1) is 20.4. The summed E-state index contributed by atoms with van der Waals surface area (Å²) in [6, 6.07) is 0. The van der Waals surface area contributed by atoms with Crippen LogP contribution in [0.15, 0.2) is 0 Å². The van der Waals surface area contributed by atoms with E-state index in [1.807, 2.05) is 0 Å². The fraction of sp³-hybridized carbons (Fsp3) is 0.923. The molecule has 0 bridgehead atoms. The van der Waals surface area contributed by atoms with Gasteiger partial charge in [0.1, 0.15) is 55.4 Å². The average molecular weight is 370 g/mol. The largest absolute Gasteiger partial charge is 0.465 e. The van der Waals surface area contributed by atoms with E-state index < -0.39 is 74.6 Å². The zero-order chi connectivity index (χ0) is 18.7. The van der Waals surface area contributed by atoms with Crippen molar-refractivity contribution in [1.29, 1.82) is 0 Å². The molecule has 2 heterocycles. The van der Waals surface area contributed by atoms with Crippen LogP contribution in [0, 0.1) is 0 Å². The van der Waals surface area contributed by atoms with Crippen molar-refractivity contribution in [2.75, 3.05) is 13.2 Å². The number of aliphatic hydroxyl groups is 7. The van der Waals surface area contributed by atoms with E-state index in [0.29, 0.717) is 0 Å². The molecule has 25 heavy (non-hydrogen) atoms. The van der Waals surface area contributed by atoms with Crippen LogP contribution in [0.1, 0.15) is 0 Å². The number of hydrogen-bond acceptors (Lipinski definition) is 12. The lowest BCUT2D eigenvalue weighted by atomic mass is 9.97. The van der Waals surface area contributed by atoms with E-state index in [4.69, 9.17) is 19.3 Å². The van der Waals surface area contributed by atoms with Gasteiger partial charge in [-0.15, -0.1) is 0 Å². The third-order valence-corrected chi connectivity index (χ3v) is 4.13. The minimum atomic E-state index is -1.77. The highest BCUT2D eigenvalue weighted by Gasteiger charge is 2.50. The average Bonchev–Trinajstić information content (AvgIpc) is 2.60. The molecule has 12 heteroatoms. The SMILES string of the molecule is O=COCC1OC(O)C(O)C(O)C1OC1OC(CO)C(O)C(O)C1O. The third-order valence-electron chi connectivity index (χ3n) is 4.13. The molecule has 0 aromatic carbocycles. The summed E-state index contributed by atoms with van der Waals surface area (Å²) in [4.78, 5) is 10.3. The van der Waals surface area contributed by atoms with Gasteiger partial charge in [-0.2, -0.15) is 0 Å². The Balaban J connectivity index is 2.14. The first-order chi connectivity index (χ1) is 11.8. The van der Waals surface area contributed by atoms with Gasteiger partial charge in [0, 0.05) is 0 Å². The Morgan fingerprint density at radius 2 is 1.52 bits per heavy atom. The van der Waals surface area contributed by atoms with Crippen LogP contribution >= 0.6 is 0 Å². The van der Waals surface area contributed by atoms with Crippen molar-refractivity contribution in [2.45, 2.75) is 61.4 Å². The minimum absolute atomic E-state index is 0.0953. The van der Waals surface area contributed by atoms with Crippen LogP contribution in [0.5, 0.6) is 0 Å². The van der Waals surface area contributed by atoms with Gasteiger partial charge in [0.05, 0.1) is 6.61 Å². The Morgan fingerprint density at radius 3 is 2.12 bits per heavy atom. The van der Waals surface area contributed by atoms with E-state index in [0.717, 1.165) is 0 Å². The molecule has 7 N–H and O–H groups in total. The third kappa shape index (κ3) is 4.25. The molecule has 10 unspecified atom stereocenters. The van der Waals surface area contributed by atoms with E-state index in [-0.39, 0.29) is 6.47 Å². The van der Waals surface area contributed by atoms with Gasteiger partial charge in [-0.25, -0.2) is 0 Å². The molecule has 12 nitrogen and oxygen atoms in total. The van der Waals surface area contributed by atoms with Crippen molar-refractivity contribution < 1.29 is 59.5 Å². The fourth-order valence-corrected chi connectivity index (χ4v) is 2.69. The second-order valence-electron chi connectivity index (χ2n) is 5.77. The molecule has 2 fully saturated rings. The van der Waals surface area contributed by atoms with Crippen LogP contribution in [0.25, 0.3) is 0 Å². The fourth-order valence-electron chi connectivity index (χ4n) is 2.69. The number of hydrogen-bond donors (Lipinski definition) is 7. The van der Waals surface area contributed by atoms with Crippen molar-refractivity contribution in [3.05, 3.63) is 0 Å². The summed E-state index contributed by atoms with van der Waals surface area (Å²) in [5.41, 5.74) is 0. The lowest BCUT2D eigenvalue weighted by Gasteiger charge is -2.45. The Hall–Kier alpha value is -0.930. The highest BCUT2D eigenvalue weighted by Crippen LogP contribution is 2.28. The zero-order valence-corrected chi connectivity index (χ0v) is 12.9. The van der Waals surface area contributed by atoms with Gasteiger partial charge < -0.3 is 54.7 Å². The van der Waals surface area contributed by atoms with Crippen LogP contribution in [0.2, 0.25) is 0 Å². The van der Waals surface area contributed by atoms with Gasteiger partial charge in [0.2, 0.25) is 0 Å². The van der Waals surface area contributed by atoms with E-state index in [2.05, 4.69) is 4.74 Å². The maximum absolute atomic E-state index is 10.3. The summed E-state index contributed by atoms with van der Waals surface area (Å²) in [6.45, 7) is -1.04. The van der Waals surface area contributed by atoms with E-state index in [9.17, 15) is 35.4 Å². The smallest absolute Gasteiger partial charge is 0.293 e. The molecule has 2 rings (SSSR count).